The van der Waals surface area contributed by atoms with E-state index >= 15 is 0 Å². The van der Waals surface area contributed by atoms with Gasteiger partial charge in [0.25, 0.3) is 0 Å². The second-order valence-corrected chi connectivity index (χ2v) is 8.78. The molecule has 1 aliphatic heterocycles. The van der Waals surface area contributed by atoms with Gasteiger partial charge in [0, 0.05) is 27.3 Å². The number of nitrogens with one attached hydrogen (secondary N) is 1. The first-order valence-corrected chi connectivity index (χ1v) is 9.97. The molecule has 1 saturated carbocycles. The molecule has 0 amide bonds. The van der Waals surface area contributed by atoms with Crippen molar-refractivity contribution in [1.82, 2.24) is 5.32 Å². The van der Waals surface area contributed by atoms with Crippen molar-refractivity contribution in [1.29, 1.82) is 0 Å². The number of rotatable bonds is 4. The average Bonchev–Trinajstić information content (AvgIpc) is 2.87. The van der Waals surface area contributed by atoms with Gasteiger partial charge in [0.15, 0.2) is 0 Å². The molecule has 110 valence electrons. The van der Waals surface area contributed by atoms with Gasteiger partial charge >= 0.3 is 0 Å². The van der Waals surface area contributed by atoms with Crippen molar-refractivity contribution >= 4 is 35.1 Å². The molecular formula is C16H22ClNS2. The van der Waals surface area contributed by atoms with E-state index in [9.17, 15) is 0 Å². The fourth-order valence-electron chi connectivity index (χ4n) is 3.30. The Hall–Kier alpha value is 0.170. The normalized spacial score (nSPS) is 29.4. The molecule has 0 spiro atoms. The Labute approximate surface area is 135 Å². The molecule has 0 radical (unpaired) electrons. The Morgan fingerprint density at radius 1 is 1.35 bits per heavy atom. The highest BCUT2D eigenvalue weighted by Gasteiger charge is 2.28. The molecular weight excluding hydrogens is 306 g/mol. The number of thioether (sulfide) groups is 2. The van der Waals surface area contributed by atoms with Gasteiger partial charge in [0.1, 0.15) is 0 Å². The van der Waals surface area contributed by atoms with Crippen molar-refractivity contribution in [2.75, 3.05) is 11.5 Å². The zero-order valence-corrected chi connectivity index (χ0v) is 14.3. The molecule has 0 aromatic heterocycles. The molecule has 1 heterocycles. The van der Waals surface area contributed by atoms with Gasteiger partial charge < -0.3 is 5.32 Å². The predicted molar refractivity (Wildman–Crippen MR) is 92.2 cm³/mol. The summed E-state index contributed by atoms with van der Waals surface area (Å²) in [5.41, 5.74) is 1.42. The molecule has 1 N–H and O–H groups in total. The van der Waals surface area contributed by atoms with Gasteiger partial charge in [0.2, 0.25) is 0 Å². The highest BCUT2D eigenvalue weighted by Crippen LogP contribution is 2.39. The summed E-state index contributed by atoms with van der Waals surface area (Å²) in [7, 11) is 0. The Bertz CT molecular complexity index is 466. The van der Waals surface area contributed by atoms with Crippen LogP contribution in [0.1, 0.15) is 44.2 Å². The minimum atomic E-state index is 0.500. The second kappa shape index (κ2) is 6.95. The third-order valence-electron chi connectivity index (χ3n) is 4.24. The molecule has 1 aliphatic carbocycles. The summed E-state index contributed by atoms with van der Waals surface area (Å²) in [5, 5.41) is 5.64. The average molecular weight is 328 g/mol. The highest BCUT2D eigenvalue weighted by molar-refractivity contribution is 7.99. The zero-order valence-electron chi connectivity index (χ0n) is 11.9. The van der Waals surface area contributed by atoms with E-state index in [4.69, 9.17) is 11.6 Å². The lowest BCUT2D eigenvalue weighted by atomic mass is 10.0. The van der Waals surface area contributed by atoms with Crippen molar-refractivity contribution in [2.24, 2.45) is 0 Å². The predicted octanol–water partition coefficient (Wildman–Crippen LogP) is 5.14. The number of hydrogen-bond acceptors (Lipinski definition) is 3. The Morgan fingerprint density at radius 3 is 3.10 bits per heavy atom. The van der Waals surface area contributed by atoms with Gasteiger partial charge in [-0.3, -0.25) is 0 Å². The monoisotopic (exact) mass is 327 g/mol. The maximum atomic E-state index is 6.18. The van der Waals surface area contributed by atoms with Gasteiger partial charge in [-0.1, -0.05) is 18.5 Å². The smallest absolute Gasteiger partial charge is 0.0410 e. The van der Waals surface area contributed by atoms with E-state index in [1.54, 1.807) is 0 Å². The first-order valence-electron chi connectivity index (χ1n) is 7.56. The number of benzene rings is 1. The molecule has 1 aromatic rings. The topological polar surface area (TPSA) is 12.0 Å². The van der Waals surface area contributed by atoms with Crippen LogP contribution in [-0.4, -0.2) is 22.8 Å². The van der Waals surface area contributed by atoms with Crippen molar-refractivity contribution < 1.29 is 0 Å². The van der Waals surface area contributed by atoms with Crippen LogP contribution in [0.3, 0.4) is 0 Å². The van der Waals surface area contributed by atoms with E-state index in [2.05, 4.69) is 36.1 Å². The standard InChI is InChI=1S/C16H22ClNS2/c1-2-19-13-5-4-12(10-13)18-15-7-8-20-16-6-3-11(17)9-14(15)16/h3,6,9,12-13,15,18H,2,4-5,7-8,10H2,1H3. The Balaban J connectivity index is 1.66. The summed E-state index contributed by atoms with van der Waals surface area (Å²) in [6.45, 7) is 2.27. The SMILES string of the molecule is CCSC1CCC(NC2CCSc3ccc(Cl)cc32)C1. The molecule has 0 saturated heterocycles. The molecule has 0 bridgehead atoms. The molecule has 1 nitrogen and oxygen atoms in total. The molecule has 2 aliphatic rings. The zero-order chi connectivity index (χ0) is 13.9. The van der Waals surface area contributed by atoms with Crippen molar-refractivity contribution in [3.8, 4) is 0 Å². The lowest BCUT2D eigenvalue weighted by Gasteiger charge is -2.29. The summed E-state index contributed by atoms with van der Waals surface area (Å²) in [5.74, 6) is 2.46. The summed E-state index contributed by atoms with van der Waals surface area (Å²) >= 11 is 10.3. The van der Waals surface area contributed by atoms with Crippen LogP contribution in [0.25, 0.3) is 0 Å². The van der Waals surface area contributed by atoms with E-state index in [-0.39, 0.29) is 0 Å². The Morgan fingerprint density at radius 2 is 2.25 bits per heavy atom. The lowest BCUT2D eigenvalue weighted by molar-refractivity contribution is 0.426. The van der Waals surface area contributed by atoms with Crippen LogP contribution in [-0.2, 0) is 0 Å². The molecule has 20 heavy (non-hydrogen) atoms. The maximum absolute atomic E-state index is 6.18. The van der Waals surface area contributed by atoms with E-state index in [1.165, 1.54) is 47.6 Å². The van der Waals surface area contributed by atoms with Crippen LogP contribution in [0, 0.1) is 0 Å². The van der Waals surface area contributed by atoms with Crippen LogP contribution >= 0.6 is 35.1 Å². The van der Waals surface area contributed by atoms with E-state index < -0.39 is 0 Å². The fourth-order valence-corrected chi connectivity index (χ4v) is 5.73. The highest BCUT2D eigenvalue weighted by atomic mass is 35.5. The van der Waals surface area contributed by atoms with Crippen molar-refractivity contribution in [3.05, 3.63) is 28.8 Å². The van der Waals surface area contributed by atoms with Crippen LogP contribution in [0.5, 0.6) is 0 Å². The minimum Gasteiger partial charge on any atom is -0.307 e. The van der Waals surface area contributed by atoms with Gasteiger partial charge in [-0.15, -0.1) is 11.8 Å². The third kappa shape index (κ3) is 3.49. The first-order chi connectivity index (χ1) is 9.76. The minimum absolute atomic E-state index is 0.500. The van der Waals surface area contributed by atoms with Crippen LogP contribution in [0.4, 0.5) is 0 Å². The van der Waals surface area contributed by atoms with E-state index in [0.29, 0.717) is 12.1 Å². The number of halogens is 1. The quantitative estimate of drug-likeness (QED) is 0.822. The van der Waals surface area contributed by atoms with Gasteiger partial charge in [-0.25, -0.2) is 0 Å². The summed E-state index contributed by atoms with van der Waals surface area (Å²) in [4.78, 5) is 1.41. The van der Waals surface area contributed by atoms with Crippen molar-refractivity contribution in [2.45, 2.75) is 54.8 Å². The summed E-state index contributed by atoms with van der Waals surface area (Å²) in [6.07, 6.45) is 5.26. The molecule has 1 aromatic carbocycles. The number of fused-ring (bicyclic) bond motifs is 1. The van der Waals surface area contributed by atoms with Crippen LogP contribution in [0.2, 0.25) is 5.02 Å². The van der Waals surface area contributed by atoms with Gasteiger partial charge in [-0.2, -0.15) is 11.8 Å². The summed E-state index contributed by atoms with van der Waals surface area (Å²) in [6, 6.07) is 7.55. The molecule has 4 heteroatoms. The third-order valence-corrected chi connectivity index (χ3v) is 6.83. The molecule has 3 unspecified atom stereocenters. The summed E-state index contributed by atoms with van der Waals surface area (Å²) < 4.78 is 0. The van der Waals surface area contributed by atoms with E-state index in [1.807, 2.05) is 17.8 Å². The van der Waals surface area contributed by atoms with Crippen molar-refractivity contribution in [3.63, 3.8) is 0 Å². The molecule has 3 atom stereocenters. The molecule has 1 fully saturated rings. The number of hydrogen-bond donors (Lipinski definition) is 1. The first kappa shape index (κ1) is 15.1. The van der Waals surface area contributed by atoms with Crippen LogP contribution < -0.4 is 5.32 Å². The maximum Gasteiger partial charge on any atom is 0.0410 e. The van der Waals surface area contributed by atoms with Gasteiger partial charge in [-0.05, 0) is 61.0 Å². The molecule has 3 rings (SSSR count). The fraction of sp³-hybridized carbons (Fsp3) is 0.625. The van der Waals surface area contributed by atoms with Gasteiger partial charge in [0.05, 0.1) is 0 Å². The lowest BCUT2D eigenvalue weighted by Crippen LogP contribution is -2.33. The Kier molecular flexibility index (Phi) is 5.24. The second-order valence-electron chi connectivity index (χ2n) is 5.63. The van der Waals surface area contributed by atoms with E-state index in [0.717, 1.165) is 10.3 Å². The van der Waals surface area contributed by atoms with Crippen LogP contribution in [0.15, 0.2) is 23.1 Å². The largest absolute Gasteiger partial charge is 0.307 e.